The molecule has 15 heavy (non-hydrogen) atoms. The van der Waals surface area contributed by atoms with E-state index in [0.717, 1.165) is 5.03 Å². The molecule has 0 aromatic rings. The molecule has 1 aliphatic rings. The van der Waals surface area contributed by atoms with Crippen molar-refractivity contribution in [2.24, 2.45) is 11.8 Å². The van der Waals surface area contributed by atoms with Crippen LogP contribution in [0, 0.1) is 11.8 Å². The summed E-state index contributed by atoms with van der Waals surface area (Å²) in [5.74, 6) is 0.962. The molecular weight excluding hydrogens is 210 g/mol. The molecule has 0 saturated heterocycles. The molecule has 1 atom stereocenters. The Bertz CT molecular complexity index is 258. The second-order valence-corrected chi connectivity index (χ2v) is 5.87. The summed E-state index contributed by atoms with van der Waals surface area (Å²) in [6.07, 6.45) is 1.66. The van der Waals surface area contributed by atoms with Gasteiger partial charge < -0.3 is 4.84 Å². The first kappa shape index (κ1) is 12.9. The van der Waals surface area contributed by atoms with E-state index in [1.807, 2.05) is 5.06 Å². The van der Waals surface area contributed by atoms with E-state index in [9.17, 15) is 0 Å². The van der Waals surface area contributed by atoms with Crippen LogP contribution in [-0.2, 0) is 4.84 Å². The number of rotatable bonds is 3. The molecule has 0 radical (unpaired) electrons. The van der Waals surface area contributed by atoms with Crippen LogP contribution in [0.15, 0.2) is 11.3 Å². The Morgan fingerprint density at radius 3 is 2.27 bits per heavy atom. The smallest absolute Gasteiger partial charge is 0.127 e. The fourth-order valence-corrected chi connectivity index (χ4v) is 2.07. The zero-order valence-corrected chi connectivity index (χ0v) is 11.3. The van der Waals surface area contributed by atoms with Crippen molar-refractivity contribution in [1.29, 1.82) is 0 Å². The zero-order valence-electron chi connectivity index (χ0n) is 10.5. The van der Waals surface area contributed by atoms with E-state index < -0.39 is 0 Å². The molecule has 0 bridgehead atoms. The molecule has 1 aliphatic heterocycles. The number of nitrogens with zero attached hydrogens (tertiary/aromatic N) is 1. The molecular formula is C12H22ClNO. The first-order valence-corrected chi connectivity index (χ1v) is 5.98. The summed E-state index contributed by atoms with van der Waals surface area (Å²) < 4.78 is 0. The Morgan fingerprint density at radius 2 is 1.87 bits per heavy atom. The van der Waals surface area contributed by atoms with Crippen molar-refractivity contribution in [3.05, 3.63) is 11.3 Å². The van der Waals surface area contributed by atoms with Crippen molar-refractivity contribution in [2.75, 3.05) is 0 Å². The van der Waals surface area contributed by atoms with Crippen molar-refractivity contribution in [1.82, 2.24) is 5.06 Å². The summed E-state index contributed by atoms with van der Waals surface area (Å²) >= 11 is 6.17. The Labute approximate surface area is 98.2 Å². The van der Waals surface area contributed by atoms with Gasteiger partial charge in [-0.3, -0.25) is 0 Å². The first-order chi connectivity index (χ1) is 6.78. The van der Waals surface area contributed by atoms with Crippen LogP contribution in [0.3, 0.4) is 0 Å². The molecule has 0 aliphatic carbocycles. The Morgan fingerprint density at radius 1 is 1.33 bits per heavy atom. The van der Waals surface area contributed by atoms with Crippen LogP contribution < -0.4 is 0 Å². The summed E-state index contributed by atoms with van der Waals surface area (Å²) in [4.78, 5) is 5.60. The normalized spacial score (nSPS) is 23.5. The van der Waals surface area contributed by atoms with Crippen LogP contribution in [0.2, 0.25) is 0 Å². The molecule has 2 nitrogen and oxygen atoms in total. The summed E-state index contributed by atoms with van der Waals surface area (Å²) in [6, 6.07) is 0.184. The molecule has 0 N–H and O–H groups in total. The Balaban J connectivity index is 2.89. The molecule has 0 aromatic carbocycles. The molecule has 1 rings (SSSR count). The van der Waals surface area contributed by atoms with Gasteiger partial charge in [-0.1, -0.05) is 39.3 Å². The van der Waals surface area contributed by atoms with E-state index in [2.05, 4.69) is 41.5 Å². The van der Waals surface area contributed by atoms with E-state index in [-0.39, 0.29) is 11.6 Å². The van der Waals surface area contributed by atoms with Crippen LogP contribution in [0.25, 0.3) is 0 Å². The van der Waals surface area contributed by atoms with Gasteiger partial charge in [-0.15, -0.1) is 5.06 Å². The SMILES string of the molecule is CC(C)C1C(Cl)=CON1C(C)(C)C(C)C. The summed E-state index contributed by atoms with van der Waals surface area (Å²) in [6.45, 7) is 13.1. The van der Waals surface area contributed by atoms with Gasteiger partial charge in [0.15, 0.2) is 0 Å². The molecule has 0 aromatic heterocycles. The maximum absolute atomic E-state index is 6.17. The molecule has 0 saturated carbocycles. The third-order valence-corrected chi connectivity index (χ3v) is 3.74. The van der Waals surface area contributed by atoms with Crippen LogP contribution in [0.1, 0.15) is 41.5 Å². The number of hydroxylamine groups is 2. The molecule has 88 valence electrons. The van der Waals surface area contributed by atoms with E-state index in [1.165, 1.54) is 0 Å². The van der Waals surface area contributed by atoms with Gasteiger partial charge in [-0.05, 0) is 25.7 Å². The van der Waals surface area contributed by atoms with E-state index in [4.69, 9.17) is 16.4 Å². The maximum Gasteiger partial charge on any atom is 0.127 e. The van der Waals surface area contributed by atoms with E-state index in [1.54, 1.807) is 6.26 Å². The van der Waals surface area contributed by atoms with Crippen LogP contribution >= 0.6 is 11.6 Å². The number of hydrogen-bond acceptors (Lipinski definition) is 2. The molecule has 1 unspecified atom stereocenters. The fraction of sp³-hybridized carbons (Fsp3) is 0.833. The largest absolute Gasteiger partial charge is 0.411 e. The topological polar surface area (TPSA) is 12.5 Å². The quantitative estimate of drug-likeness (QED) is 0.733. The number of hydrogen-bond donors (Lipinski definition) is 0. The van der Waals surface area contributed by atoms with Crippen molar-refractivity contribution in [2.45, 2.75) is 53.1 Å². The van der Waals surface area contributed by atoms with Gasteiger partial charge in [0.1, 0.15) is 6.26 Å². The van der Waals surface area contributed by atoms with Crippen LogP contribution in [0.5, 0.6) is 0 Å². The highest BCUT2D eigenvalue weighted by atomic mass is 35.5. The third-order valence-electron chi connectivity index (χ3n) is 3.43. The van der Waals surface area contributed by atoms with Crippen molar-refractivity contribution < 1.29 is 4.84 Å². The molecule has 0 fully saturated rings. The van der Waals surface area contributed by atoms with Crippen LogP contribution in [-0.4, -0.2) is 16.6 Å². The first-order valence-electron chi connectivity index (χ1n) is 5.60. The van der Waals surface area contributed by atoms with Gasteiger partial charge in [-0.2, -0.15) is 0 Å². The minimum absolute atomic E-state index is 0.0118. The third kappa shape index (κ3) is 2.31. The minimum Gasteiger partial charge on any atom is -0.411 e. The van der Waals surface area contributed by atoms with Crippen molar-refractivity contribution in [3.8, 4) is 0 Å². The fourth-order valence-electron chi connectivity index (χ4n) is 1.69. The summed E-state index contributed by atoms with van der Waals surface area (Å²) in [5.41, 5.74) is -0.0118. The highest BCUT2D eigenvalue weighted by Crippen LogP contribution is 2.37. The van der Waals surface area contributed by atoms with Gasteiger partial charge in [0.05, 0.1) is 16.6 Å². The van der Waals surface area contributed by atoms with Gasteiger partial charge in [-0.25, -0.2) is 0 Å². The summed E-state index contributed by atoms with van der Waals surface area (Å²) in [5, 5.41) is 2.84. The van der Waals surface area contributed by atoms with E-state index in [0.29, 0.717) is 11.8 Å². The van der Waals surface area contributed by atoms with Crippen LogP contribution in [0.4, 0.5) is 0 Å². The lowest BCUT2D eigenvalue weighted by Crippen LogP contribution is -2.51. The van der Waals surface area contributed by atoms with E-state index >= 15 is 0 Å². The zero-order chi connectivity index (χ0) is 11.8. The summed E-state index contributed by atoms with van der Waals surface area (Å²) in [7, 11) is 0. The van der Waals surface area contributed by atoms with Gasteiger partial charge in [0.2, 0.25) is 0 Å². The molecule has 3 heteroatoms. The minimum atomic E-state index is -0.0118. The number of halogens is 1. The Hall–Kier alpha value is -0.210. The lowest BCUT2D eigenvalue weighted by atomic mass is 9.88. The monoisotopic (exact) mass is 231 g/mol. The van der Waals surface area contributed by atoms with Crippen molar-refractivity contribution >= 4 is 11.6 Å². The van der Waals surface area contributed by atoms with Gasteiger partial charge in [0.25, 0.3) is 0 Å². The van der Waals surface area contributed by atoms with Gasteiger partial charge in [0, 0.05) is 0 Å². The predicted molar refractivity (Wildman–Crippen MR) is 64.4 cm³/mol. The van der Waals surface area contributed by atoms with Crippen molar-refractivity contribution in [3.63, 3.8) is 0 Å². The molecule has 0 spiro atoms. The van der Waals surface area contributed by atoms with Gasteiger partial charge >= 0.3 is 0 Å². The Kier molecular flexibility index (Phi) is 3.72. The highest BCUT2D eigenvalue weighted by Gasteiger charge is 2.42. The average Bonchev–Trinajstić information content (AvgIpc) is 2.47. The maximum atomic E-state index is 6.17. The standard InChI is InChI=1S/C12H22ClNO/c1-8(2)11-10(13)7-15-14(11)12(5,6)9(3)4/h7-9,11H,1-6H3. The lowest BCUT2D eigenvalue weighted by Gasteiger charge is -2.41. The second-order valence-electron chi connectivity index (χ2n) is 5.43. The predicted octanol–water partition coefficient (Wildman–Crippen LogP) is 3.77. The lowest BCUT2D eigenvalue weighted by molar-refractivity contribution is -0.192. The average molecular weight is 232 g/mol. The molecule has 0 amide bonds. The second kappa shape index (κ2) is 4.34. The highest BCUT2D eigenvalue weighted by molar-refractivity contribution is 6.30. The molecule has 1 heterocycles.